The second kappa shape index (κ2) is 13.1. The molecule has 0 aliphatic carbocycles. The molecule has 0 bridgehead atoms. The monoisotopic (exact) mass is 735 g/mol. The Morgan fingerprint density at radius 3 is 1.53 bits per heavy atom. The lowest BCUT2D eigenvalue weighted by Gasteiger charge is -2.29. The first-order chi connectivity index (χ1) is 27.3. The molecule has 0 atom stereocenters. The summed E-state index contributed by atoms with van der Waals surface area (Å²) in [6.45, 7) is 0. The van der Waals surface area contributed by atoms with Crippen LogP contribution in [-0.4, -0.2) is 0 Å². The zero-order chi connectivity index (χ0) is 36.3. The molecule has 9 aromatic carbocycles. The number of nitrogens with zero attached hydrogens (tertiary/aromatic N) is 1. The summed E-state index contributed by atoms with van der Waals surface area (Å²) in [5.41, 5.74) is 10.8. The van der Waals surface area contributed by atoms with Crippen LogP contribution in [0.25, 0.3) is 84.5 Å². The van der Waals surface area contributed by atoms with Crippen LogP contribution in [0.15, 0.2) is 200 Å². The molecular formula is C52H33NS2. The van der Waals surface area contributed by atoms with E-state index in [2.05, 4.69) is 205 Å². The van der Waals surface area contributed by atoms with Gasteiger partial charge in [-0.05, 0) is 69.6 Å². The van der Waals surface area contributed by atoms with Crippen molar-refractivity contribution >= 4 is 90.9 Å². The second-order valence-electron chi connectivity index (χ2n) is 14.0. The molecule has 0 spiro atoms. The van der Waals surface area contributed by atoms with E-state index in [4.69, 9.17) is 0 Å². The summed E-state index contributed by atoms with van der Waals surface area (Å²) in [5, 5.41) is 7.63. The minimum absolute atomic E-state index is 1.12. The fourth-order valence-electron chi connectivity index (χ4n) is 8.39. The minimum atomic E-state index is 1.12. The van der Waals surface area contributed by atoms with Crippen LogP contribution in [0, 0.1) is 0 Å². The number of hydrogen-bond donors (Lipinski definition) is 0. The van der Waals surface area contributed by atoms with Crippen molar-refractivity contribution < 1.29 is 0 Å². The zero-order valence-corrected chi connectivity index (χ0v) is 31.4. The molecule has 0 aliphatic heterocycles. The van der Waals surface area contributed by atoms with Gasteiger partial charge in [0.2, 0.25) is 0 Å². The van der Waals surface area contributed by atoms with Gasteiger partial charge in [0.1, 0.15) is 0 Å². The molecule has 0 unspecified atom stereocenters. The highest BCUT2D eigenvalue weighted by Crippen LogP contribution is 2.50. The summed E-state index contributed by atoms with van der Waals surface area (Å²) in [6.07, 6.45) is 0. The Hall–Kier alpha value is -6.52. The van der Waals surface area contributed by atoms with Gasteiger partial charge < -0.3 is 4.90 Å². The Morgan fingerprint density at radius 2 is 0.818 bits per heavy atom. The maximum absolute atomic E-state index is 2.51. The predicted molar refractivity (Wildman–Crippen MR) is 241 cm³/mol. The number of rotatable bonds is 6. The highest BCUT2D eigenvalue weighted by molar-refractivity contribution is 7.26. The fourth-order valence-corrected chi connectivity index (χ4v) is 10.8. The van der Waals surface area contributed by atoms with E-state index in [0.717, 1.165) is 11.4 Å². The summed E-state index contributed by atoms with van der Waals surface area (Å²) >= 11 is 3.76. The summed E-state index contributed by atoms with van der Waals surface area (Å²) in [4.78, 5) is 2.51. The van der Waals surface area contributed by atoms with Crippen molar-refractivity contribution in [3.05, 3.63) is 200 Å². The fraction of sp³-hybridized carbons (Fsp3) is 0. The predicted octanol–water partition coefficient (Wildman–Crippen LogP) is 16.0. The minimum Gasteiger partial charge on any atom is -0.308 e. The third-order valence-electron chi connectivity index (χ3n) is 10.9. The summed E-state index contributed by atoms with van der Waals surface area (Å²) in [7, 11) is 0. The lowest BCUT2D eigenvalue weighted by molar-refractivity contribution is 1.32. The van der Waals surface area contributed by atoms with Crippen LogP contribution in [-0.2, 0) is 0 Å². The van der Waals surface area contributed by atoms with E-state index < -0.39 is 0 Å². The van der Waals surface area contributed by atoms with Crippen molar-refractivity contribution in [1.82, 2.24) is 0 Å². The zero-order valence-electron chi connectivity index (χ0n) is 29.8. The highest BCUT2D eigenvalue weighted by atomic mass is 32.1. The molecule has 55 heavy (non-hydrogen) atoms. The van der Waals surface area contributed by atoms with Crippen LogP contribution >= 0.6 is 22.7 Å². The second-order valence-corrected chi connectivity index (χ2v) is 16.1. The van der Waals surface area contributed by atoms with E-state index >= 15 is 0 Å². The van der Waals surface area contributed by atoms with Crippen LogP contribution in [0.4, 0.5) is 17.1 Å². The van der Waals surface area contributed by atoms with Gasteiger partial charge in [0, 0.05) is 52.3 Å². The Morgan fingerprint density at radius 1 is 0.291 bits per heavy atom. The summed E-state index contributed by atoms with van der Waals surface area (Å²) < 4.78 is 5.20. The van der Waals surface area contributed by atoms with Gasteiger partial charge in [0.15, 0.2) is 0 Å². The van der Waals surface area contributed by atoms with Gasteiger partial charge in [-0.25, -0.2) is 0 Å². The average molecular weight is 736 g/mol. The SMILES string of the molecule is c1ccc(-c2ccc(N(c3ccc(-c4ccccc4)c4ccccc34)c3cccc4c3sc3ccccc34)cc2-c2cccc3c2sc2ccccc23)cc1. The Bertz CT molecular complexity index is 3210. The largest absolute Gasteiger partial charge is 0.308 e. The van der Waals surface area contributed by atoms with Gasteiger partial charge >= 0.3 is 0 Å². The standard InChI is InChI=1S/C52H33NS2/c1-3-15-34(16-4-1)37-31-32-47(40-20-8-7-19-39(37)40)53(48-26-14-25-44-42-22-10-12-28-50(42)55-52(44)48)36-29-30-38(35-17-5-2-6-18-35)46(33-36)45-24-13-23-43-41-21-9-11-27-49(41)54-51(43)45/h1-33H. The van der Waals surface area contributed by atoms with E-state index in [1.807, 2.05) is 22.7 Å². The van der Waals surface area contributed by atoms with E-state index in [9.17, 15) is 0 Å². The summed E-state index contributed by atoms with van der Waals surface area (Å²) in [6, 6.07) is 73.4. The maximum Gasteiger partial charge on any atom is 0.0640 e. The number of benzene rings is 9. The Balaban J connectivity index is 1.22. The molecule has 0 aliphatic rings. The first-order valence-corrected chi connectivity index (χ1v) is 20.3. The van der Waals surface area contributed by atoms with Gasteiger partial charge in [-0.15, -0.1) is 22.7 Å². The van der Waals surface area contributed by atoms with Gasteiger partial charge in [-0.2, -0.15) is 0 Å². The number of thiophene rings is 2. The Labute approximate surface area is 327 Å². The Kier molecular flexibility index (Phi) is 7.61. The molecule has 0 N–H and O–H groups in total. The van der Waals surface area contributed by atoms with Crippen molar-refractivity contribution in [3.8, 4) is 33.4 Å². The summed E-state index contributed by atoms with van der Waals surface area (Å²) in [5.74, 6) is 0. The lowest BCUT2D eigenvalue weighted by Crippen LogP contribution is -2.11. The van der Waals surface area contributed by atoms with E-state index in [1.54, 1.807) is 0 Å². The third-order valence-corrected chi connectivity index (χ3v) is 13.3. The first kappa shape index (κ1) is 32.0. The van der Waals surface area contributed by atoms with Crippen molar-refractivity contribution in [3.63, 3.8) is 0 Å². The molecule has 0 fully saturated rings. The molecular weight excluding hydrogens is 703 g/mol. The van der Waals surface area contributed by atoms with Crippen molar-refractivity contribution in [2.24, 2.45) is 0 Å². The molecule has 3 heteroatoms. The molecule has 0 amide bonds. The average Bonchev–Trinajstić information content (AvgIpc) is 3.84. The molecule has 258 valence electrons. The molecule has 0 saturated carbocycles. The van der Waals surface area contributed by atoms with Gasteiger partial charge in [-0.1, -0.05) is 164 Å². The van der Waals surface area contributed by atoms with Crippen LogP contribution in [0.3, 0.4) is 0 Å². The topological polar surface area (TPSA) is 3.24 Å². The molecule has 0 saturated heterocycles. The molecule has 11 rings (SSSR count). The maximum atomic E-state index is 2.51. The van der Waals surface area contributed by atoms with Gasteiger partial charge in [0.25, 0.3) is 0 Å². The van der Waals surface area contributed by atoms with E-state index in [1.165, 1.54) is 90.2 Å². The quantitative estimate of drug-likeness (QED) is 0.164. The van der Waals surface area contributed by atoms with E-state index in [-0.39, 0.29) is 0 Å². The first-order valence-electron chi connectivity index (χ1n) is 18.7. The van der Waals surface area contributed by atoms with Crippen LogP contribution in [0.5, 0.6) is 0 Å². The molecule has 2 aromatic heterocycles. The number of anilines is 3. The highest BCUT2D eigenvalue weighted by Gasteiger charge is 2.23. The lowest BCUT2D eigenvalue weighted by atomic mass is 9.92. The van der Waals surface area contributed by atoms with Gasteiger partial charge in [0.05, 0.1) is 16.1 Å². The molecule has 1 nitrogen and oxygen atoms in total. The van der Waals surface area contributed by atoms with Crippen molar-refractivity contribution in [2.75, 3.05) is 4.90 Å². The van der Waals surface area contributed by atoms with E-state index in [0.29, 0.717) is 0 Å². The van der Waals surface area contributed by atoms with Crippen LogP contribution < -0.4 is 4.90 Å². The molecule has 2 heterocycles. The normalized spacial score (nSPS) is 11.6. The van der Waals surface area contributed by atoms with Crippen LogP contribution in [0.1, 0.15) is 0 Å². The van der Waals surface area contributed by atoms with Crippen molar-refractivity contribution in [2.45, 2.75) is 0 Å². The van der Waals surface area contributed by atoms with Crippen LogP contribution in [0.2, 0.25) is 0 Å². The molecule has 11 aromatic rings. The van der Waals surface area contributed by atoms with Gasteiger partial charge in [-0.3, -0.25) is 0 Å². The van der Waals surface area contributed by atoms with Crippen molar-refractivity contribution in [1.29, 1.82) is 0 Å². The molecule has 0 radical (unpaired) electrons. The third kappa shape index (κ3) is 5.27. The number of fused-ring (bicyclic) bond motifs is 7. The number of hydrogen-bond acceptors (Lipinski definition) is 3. The smallest absolute Gasteiger partial charge is 0.0640 e.